The zero-order valence-electron chi connectivity index (χ0n) is 19.1. The van der Waals surface area contributed by atoms with Crippen LogP contribution in [-0.4, -0.2) is 23.3 Å². The van der Waals surface area contributed by atoms with E-state index >= 15 is 0 Å². The first-order valence-corrected chi connectivity index (χ1v) is 13.2. The summed E-state index contributed by atoms with van der Waals surface area (Å²) in [5.41, 5.74) is 4.64. The van der Waals surface area contributed by atoms with E-state index in [9.17, 15) is 4.79 Å². The number of hydrogen-bond donors (Lipinski definition) is 0. The van der Waals surface area contributed by atoms with Gasteiger partial charge in [-0.15, -0.1) is 0 Å². The molecule has 1 fully saturated rings. The zero-order chi connectivity index (χ0) is 23.7. The molecule has 3 aromatic carbocycles. The van der Waals surface area contributed by atoms with Crippen molar-refractivity contribution in [3.05, 3.63) is 91.9 Å². The van der Waals surface area contributed by atoms with Crippen LogP contribution in [0.5, 0.6) is 11.5 Å². The molecule has 4 nitrogen and oxygen atoms in total. The van der Waals surface area contributed by atoms with Gasteiger partial charge in [-0.05, 0) is 72.0 Å². The number of fused-ring (bicyclic) bond motifs is 3. The second kappa shape index (κ2) is 10.2. The second-order valence-corrected chi connectivity index (χ2v) is 11.0. The molecule has 2 atom stereocenters. The lowest BCUT2D eigenvalue weighted by molar-refractivity contribution is -0.125. The van der Waals surface area contributed by atoms with E-state index in [0.717, 1.165) is 44.5 Å². The molecule has 1 saturated heterocycles. The molecule has 34 heavy (non-hydrogen) atoms. The number of nitrogens with zero attached hydrogens (tertiary/aromatic N) is 1. The molecule has 0 bridgehead atoms. The maximum Gasteiger partial charge on any atom is 0.162 e. The SMILES string of the molecule is C[C@@H]1CC(=O)C[C@H]2c3cc(OCc4ccc(Br)cc4)c(OCc4ccc(Br)cc4)cc3CCN12. The Labute approximate surface area is 217 Å². The standard InChI is InChI=1S/C28H27Br2NO3/c1-18-12-24(32)14-26-25-15-28(34-17-20-4-8-23(30)9-5-20)27(13-21(25)10-11-31(18)26)33-16-19-2-6-22(29)7-3-19/h2-9,13,15,18,26H,10-12,14,16-17H2,1H3/t18-,26+/m1/s1. The number of piperidine rings is 1. The molecule has 6 heteroatoms. The molecule has 176 valence electrons. The highest BCUT2D eigenvalue weighted by Gasteiger charge is 2.37. The van der Waals surface area contributed by atoms with E-state index < -0.39 is 0 Å². The van der Waals surface area contributed by atoms with Crippen molar-refractivity contribution in [1.29, 1.82) is 0 Å². The van der Waals surface area contributed by atoms with E-state index in [4.69, 9.17) is 9.47 Å². The van der Waals surface area contributed by atoms with Crippen LogP contribution in [0.1, 0.15) is 48.1 Å². The van der Waals surface area contributed by atoms with Crippen LogP contribution in [0.4, 0.5) is 0 Å². The molecule has 3 aromatic rings. The quantitative estimate of drug-likeness (QED) is 0.312. The average molecular weight is 585 g/mol. The van der Waals surface area contributed by atoms with Crippen LogP contribution in [-0.2, 0) is 24.4 Å². The summed E-state index contributed by atoms with van der Waals surface area (Å²) >= 11 is 6.97. The summed E-state index contributed by atoms with van der Waals surface area (Å²) in [6.45, 7) is 4.04. The fraction of sp³-hybridized carbons (Fsp3) is 0.321. The van der Waals surface area contributed by atoms with Gasteiger partial charge in [-0.3, -0.25) is 9.69 Å². The van der Waals surface area contributed by atoms with Gasteiger partial charge >= 0.3 is 0 Å². The molecule has 0 saturated carbocycles. The summed E-state index contributed by atoms with van der Waals surface area (Å²) in [5, 5.41) is 0. The lowest BCUT2D eigenvalue weighted by atomic mass is 9.84. The second-order valence-electron chi connectivity index (χ2n) is 9.13. The monoisotopic (exact) mass is 583 g/mol. The number of rotatable bonds is 6. The Morgan fingerprint density at radius 1 is 0.853 bits per heavy atom. The van der Waals surface area contributed by atoms with Crippen molar-refractivity contribution in [2.45, 2.75) is 51.5 Å². The number of hydrogen-bond acceptors (Lipinski definition) is 4. The Morgan fingerprint density at radius 3 is 2.00 bits per heavy atom. The molecule has 0 spiro atoms. The van der Waals surface area contributed by atoms with Crippen molar-refractivity contribution < 1.29 is 14.3 Å². The lowest BCUT2D eigenvalue weighted by Gasteiger charge is -2.44. The van der Waals surface area contributed by atoms with Crippen LogP contribution in [0, 0.1) is 0 Å². The van der Waals surface area contributed by atoms with Crippen molar-refractivity contribution in [3.63, 3.8) is 0 Å². The van der Waals surface area contributed by atoms with Crippen LogP contribution >= 0.6 is 31.9 Å². The highest BCUT2D eigenvalue weighted by atomic mass is 79.9. The third-order valence-corrected chi connectivity index (χ3v) is 7.79. The van der Waals surface area contributed by atoms with Crippen molar-refractivity contribution in [2.75, 3.05) is 6.54 Å². The van der Waals surface area contributed by atoms with E-state index in [0.29, 0.717) is 31.8 Å². The molecule has 0 unspecified atom stereocenters. The molecule has 2 aliphatic rings. The van der Waals surface area contributed by atoms with Crippen LogP contribution in [0.3, 0.4) is 0 Å². The first-order chi connectivity index (χ1) is 16.5. The molecule has 0 N–H and O–H groups in total. The van der Waals surface area contributed by atoms with Crippen LogP contribution in [0.25, 0.3) is 0 Å². The maximum atomic E-state index is 12.4. The number of carbonyl (C=O) groups is 1. The number of benzene rings is 3. The number of ether oxygens (including phenoxy) is 2. The minimum atomic E-state index is 0.121. The molecular weight excluding hydrogens is 558 g/mol. The first kappa shape index (κ1) is 23.6. The predicted octanol–water partition coefficient (Wildman–Crippen LogP) is 7.02. The average Bonchev–Trinajstić information content (AvgIpc) is 2.83. The molecular formula is C28H27Br2NO3. The zero-order valence-corrected chi connectivity index (χ0v) is 22.3. The van der Waals surface area contributed by atoms with Gasteiger partial charge in [0.25, 0.3) is 0 Å². The fourth-order valence-corrected chi connectivity index (χ4v) is 5.47. The lowest BCUT2D eigenvalue weighted by Crippen LogP contribution is -2.46. The fourth-order valence-electron chi connectivity index (χ4n) is 4.94. The van der Waals surface area contributed by atoms with Crippen LogP contribution in [0.2, 0.25) is 0 Å². The van der Waals surface area contributed by atoms with Gasteiger partial charge in [0.1, 0.15) is 19.0 Å². The van der Waals surface area contributed by atoms with E-state index in [1.807, 2.05) is 36.4 Å². The van der Waals surface area contributed by atoms with Gasteiger partial charge in [0, 0.05) is 40.4 Å². The van der Waals surface area contributed by atoms with Crippen LogP contribution in [0.15, 0.2) is 69.6 Å². The summed E-state index contributed by atoms with van der Waals surface area (Å²) in [6, 6.07) is 20.9. The molecule has 0 aromatic heterocycles. The number of ketones is 1. The summed E-state index contributed by atoms with van der Waals surface area (Å²) in [4.78, 5) is 14.9. The largest absolute Gasteiger partial charge is 0.485 e. The van der Waals surface area contributed by atoms with Crippen LogP contribution < -0.4 is 9.47 Å². The Bertz CT molecular complexity index is 1180. The maximum absolute atomic E-state index is 12.4. The third kappa shape index (κ3) is 5.24. The summed E-state index contributed by atoms with van der Waals surface area (Å²) in [7, 11) is 0. The van der Waals surface area contributed by atoms with E-state index in [2.05, 4.69) is 67.9 Å². The molecule has 2 heterocycles. The Balaban J connectivity index is 1.44. The smallest absolute Gasteiger partial charge is 0.162 e. The van der Waals surface area contributed by atoms with Gasteiger partial charge in [-0.2, -0.15) is 0 Å². The molecule has 5 rings (SSSR count). The summed E-state index contributed by atoms with van der Waals surface area (Å²) < 4.78 is 14.7. The number of carbonyl (C=O) groups excluding carboxylic acids is 1. The van der Waals surface area contributed by atoms with Crippen molar-refractivity contribution in [3.8, 4) is 11.5 Å². The van der Waals surface area contributed by atoms with Crippen molar-refractivity contribution in [2.24, 2.45) is 0 Å². The number of halogens is 2. The molecule has 0 aliphatic carbocycles. The third-order valence-electron chi connectivity index (χ3n) is 6.73. The Kier molecular flexibility index (Phi) is 7.09. The first-order valence-electron chi connectivity index (χ1n) is 11.6. The van der Waals surface area contributed by atoms with E-state index in [1.54, 1.807) is 0 Å². The Morgan fingerprint density at radius 2 is 1.41 bits per heavy atom. The van der Waals surface area contributed by atoms with Gasteiger partial charge in [-0.25, -0.2) is 0 Å². The van der Waals surface area contributed by atoms with Crippen molar-refractivity contribution in [1.82, 2.24) is 4.90 Å². The molecule has 0 radical (unpaired) electrons. The normalized spacial score (nSPS) is 19.9. The van der Waals surface area contributed by atoms with Crippen molar-refractivity contribution >= 4 is 37.6 Å². The highest BCUT2D eigenvalue weighted by molar-refractivity contribution is 9.10. The molecule has 0 amide bonds. The van der Waals surface area contributed by atoms with Gasteiger partial charge in [0.05, 0.1) is 0 Å². The minimum absolute atomic E-state index is 0.121. The van der Waals surface area contributed by atoms with Gasteiger partial charge in [0.15, 0.2) is 11.5 Å². The van der Waals surface area contributed by atoms with Gasteiger partial charge in [0.2, 0.25) is 0 Å². The number of Topliss-reactive ketones (excluding diaryl/α,β-unsaturated/α-hetero) is 1. The topological polar surface area (TPSA) is 38.8 Å². The highest BCUT2D eigenvalue weighted by Crippen LogP contribution is 2.43. The minimum Gasteiger partial charge on any atom is -0.485 e. The van der Waals surface area contributed by atoms with Gasteiger partial charge in [-0.1, -0.05) is 56.1 Å². The van der Waals surface area contributed by atoms with Gasteiger partial charge < -0.3 is 9.47 Å². The Hall–Kier alpha value is -2.15. The van der Waals surface area contributed by atoms with E-state index in [-0.39, 0.29) is 12.1 Å². The summed E-state index contributed by atoms with van der Waals surface area (Å²) in [6.07, 6.45) is 2.17. The van der Waals surface area contributed by atoms with E-state index in [1.165, 1.54) is 11.1 Å². The summed E-state index contributed by atoms with van der Waals surface area (Å²) in [5.74, 6) is 1.82. The molecule has 2 aliphatic heterocycles. The predicted molar refractivity (Wildman–Crippen MR) is 140 cm³/mol.